The van der Waals surface area contributed by atoms with Gasteiger partial charge in [-0.25, -0.2) is 19.7 Å². The summed E-state index contributed by atoms with van der Waals surface area (Å²) in [5.74, 6) is -0.430. The molecule has 4 heterocycles. The smallest absolute Gasteiger partial charge is 0.357 e. The maximum Gasteiger partial charge on any atom is 0.357 e. The lowest BCUT2D eigenvalue weighted by atomic mass is 10.4. The average molecular weight is 405 g/mol. The van der Waals surface area contributed by atoms with Crippen LogP contribution in [0.2, 0.25) is 0 Å². The molecule has 0 saturated heterocycles. The van der Waals surface area contributed by atoms with Gasteiger partial charge in [-0.05, 0) is 39.0 Å². The van der Waals surface area contributed by atoms with E-state index in [1.807, 2.05) is 26.0 Å². The molecule has 0 aliphatic carbocycles. The number of nitrogens with zero attached hydrogens (tertiary/aromatic N) is 6. The van der Waals surface area contributed by atoms with Crippen molar-refractivity contribution in [1.29, 1.82) is 0 Å². The first-order chi connectivity index (χ1) is 14.4. The van der Waals surface area contributed by atoms with E-state index in [9.17, 15) is 9.59 Å². The summed E-state index contributed by atoms with van der Waals surface area (Å²) in [7, 11) is 0. The number of hydrogen-bond acceptors (Lipinski definition) is 7. The molecule has 4 aromatic heterocycles. The van der Waals surface area contributed by atoms with Crippen LogP contribution in [0, 0.1) is 20.8 Å². The molecule has 4 rings (SSSR count). The summed E-state index contributed by atoms with van der Waals surface area (Å²) in [5, 5.41) is 7.03. The molecule has 0 saturated carbocycles. The summed E-state index contributed by atoms with van der Waals surface area (Å²) in [6, 6.07) is 8.89. The molecule has 30 heavy (non-hydrogen) atoms. The van der Waals surface area contributed by atoms with E-state index >= 15 is 0 Å². The van der Waals surface area contributed by atoms with E-state index in [2.05, 4.69) is 25.4 Å². The van der Waals surface area contributed by atoms with Gasteiger partial charge in [-0.15, -0.1) is 0 Å². The van der Waals surface area contributed by atoms with Crippen LogP contribution in [0.4, 0.5) is 5.82 Å². The van der Waals surface area contributed by atoms with Crippen molar-refractivity contribution in [3.05, 3.63) is 65.5 Å². The van der Waals surface area contributed by atoms with Crippen LogP contribution in [0.5, 0.6) is 0 Å². The SMILES string of the molecule is Cc1cc(C)nc(-n2nc(C)cc2NC(=O)COC(=O)c2cnc3ccccn23)n1. The highest BCUT2D eigenvalue weighted by Gasteiger charge is 2.17. The summed E-state index contributed by atoms with van der Waals surface area (Å²) in [5.41, 5.74) is 3.09. The van der Waals surface area contributed by atoms with Crippen LogP contribution in [0.3, 0.4) is 0 Å². The molecule has 4 aromatic rings. The first kappa shape index (κ1) is 19.2. The van der Waals surface area contributed by atoms with Crippen LogP contribution in [0.15, 0.2) is 42.7 Å². The van der Waals surface area contributed by atoms with Crippen LogP contribution < -0.4 is 5.32 Å². The molecule has 0 spiro atoms. The van der Waals surface area contributed by atoms with E-state index in [0.717, 1.165) is 11.4 Å². The Hall–Kier alpha value is -4.08. The Labute approximate surface area is 171 Å². The standard InChI is InChI=1S/C20H19N7O3/c1-12-8-13(2)23-20(22-12)27-17(9-14(3)25-27)24-18(28)11-30-19(29)15-10-21-16-6-4-5-7-26(15)16/h4-10H,11H2,1-3H3,(H,24,28). The number of hydrogen-bond donors (Lipinski definition) is 1. The van der Waals surface area contributed by atoms with Crippen molar-refractivity contribution in [1.82, 2.24) is 29.1 Å². The third kappa shape index (κ3) is 3.88. The number of amides is 1. The van der Waals surface area contributed by atoms with Crippen molar-refractivity contribution in [2.75, 3.05) is 11.9 Å². The average Bonchev–Trinajstić information content (AvgIpc) is 3.29. The number of aryl methyl sites for hydroxylation is 3. The van der Waals surface area contributed by atoms with Crippen molar-refractivity contribution in [3.8, 4) is 5.95 Å². The lowest BCUT2D eigenvalue weighted by Gasteiger charge is -2.09. The number of ether oxygens (including phenoxy) is 1. The Balaban J connectivity index is 1.46. The minimum atomic E-state index is -0.647. The summed E-state index contributed by atoms with van der Waals surface area (Å²) in [6.45, 7) is 5.04. The van der Waals surface area contributed by atoms with Gasteiger partial charge in [-0.2, -0.15) is 9.78 Å². The van der Waals surface area contributed by atoms with Gasteiger partial charge in [0.2, 0.25) is 0 Å². The third-order valence-electron chi connectivity index (χ3n) is 4.22. The summed E-state index contributed by atoms with van der Waals surface area (Å²) >= 11 is 0. The molecular formula is C20H19N7O3. The van der Waals surface area contributed by atoms with Gasteiger partial charge in [0.25, 0.3) is 11.9 Å². The summed E-state index contributed by atoms with van der Waals surface area (Å²) in [6.07, 6.45) is 3.11. The normalized spacial score (nSPS) is 10.9. The van der Waals surface area contributed by atoms with E-state index < -0.39 is 18.5 Å². The number of pyridine rings is 1. The molecule has 1 N–H and O–H groups in total. The minimum Gasteiger partial charge on any atom is -0.451 e. The molecule has 0 aliphatic rings. The second-order valence-electron chi connectivity index (χ2n) is 6.73. The van der Waals surface area contributed by atoms with Crippen LogP contribution >= 0.6 is 0 Å². The van der Waals surface area contributed by atoms with Gasteiger partial charge in [-0.3, -0.25) is 9.20 Å². The van der Waals surface area contributed by atoms with Gasteiger partial charge < -0.3 is 10.1 Å². The second-order valence-corrected chi connectivity index (χ2v) is 6.73. The van der Waals surface area contributed by atoms with Crippen molar-refractivity contribution in [2.45, 2.75) is 20.8 Å². The number of imidazole rings is 1. The topological polar surface area (TPSA) is 116 Å². The van der Waals surface area contributed by atoms with Gasteiger partial charge in [0.15, 0.2) is 12.3 Å². The fourth-order valence-corrected chi connectivity index (χ4v) is 3.01. The van der Waals surface area contributed by atoms with Gasteiger partial charge >= 0.3 is 5.97 Å². The number of aromatic nitrogens is 6. The number of carbonyl (C=O) groups excluding carboxylic acids is 2. The highest BCUT2D eigenvalue weighted by atomic mass is 16.5. The number of carbonyl (C=O) groups is 2. The number of esters is 1. The Morgan fingerprint density at radius 2 is 1.83 bits per heavy atom. The molecule has 10 nitrogen and oxygen atoms in total. The zero-order valence-electron chi connectivity index (χ0n) is 16.7. The molecule has 10 heteroatoms. The predicted molar refractivity (Wildman–Crippen MR) is 107 cm³/mol. The van der Waals surface area contributed by atoms with Crippen molar-refractivity contribution in [2.24, 2.45) is 0 Å². The van der Waals surface area contributed by atoms with E-state index in [1.165, 1.54) is 10.9 Å². The van der Waals surface area contributed by atoms with Crippen LogP contribution in [-0.4, -0.2) is 47.6 Å². The van der Waals surface area contributed by atoms with E-state index in [0.29, 0.717) is 23.1 Å². The number of fused-ring (bicyclic) bond motifs is 1. The van der Waals surface area contributed by atoms with Crippen LogP contribution in [0.25, 0.3) is 11.6 Å². The molecule has 0 aromatic carbocycles. The number of rotatable bonds is 5. The first-order valence-electron chi connectivity index (χ1n) is 9.19. The molecule has 0 atom stereocenters. The van der Waals surface area contributed by atoms with Crippen LogP contribution in [0.1, 0.15) is 27.6 Å². The molecular weight excluding hydrogens is 386 g/mol. The highest BCUT2D eigenvalue weighted by molar-refractivity contribution is 5.94. The predicted octanol–water partition coefficient (Wildman–Crippen LogP) is 2.03. The maximum atomic E-state index is 12.4. The molecule has 0 unspecified atom stereocenters. The van der Waals surface area contributed by atoms with Gasteiger partial charge in [0.1, 0.15) is 11.5 Å². The first-order valence-corrected chi connectivity index (χ1v) is 9.19. The monoisotopic (exact) mass is 405 g/mol. The van der Waals surface area contributed by atoms with E-state index in [-0.39, 0.29) is 5.69 Å². The largest absolute Gasteiger partial charge is 0.451 e. The van der Waals surface area contributed by atoms with Crippen molar-refractivity contribution >= 4 is 23.3 Å². The Bertz CT molecular complexity index is 1240. The fraction of sp³-hybridized carbons (Fsp3) is 0.200. The zero-order chi connectivity index (χ0) is 21.3. The van der Waals surface area contributed by atoms with Gasteiger partial charge in [0.05, 0.1) is 11.9 Å². The molecule has 1 amide bonds. The molecule has 0 bridgehead atoms. The second kappa shape index (κ2) is 7.74. The Morgan fingerprint density at radius 1 is 1.07 bits per heavy atom. The molecule has 0 radical (unpaired) electrons. The molecule has 0 aliphatic heterocycles. The Morgan fingerprint density at radius 3 is 2.60 bits per heavy atom. The third-order valence-corrected chi connectivity index (χ3v) is 4.22. The Kier molecular flexibility index (Phi) is 4.97. The molecule has 0 fully saturated rings. The van der Waals surface area contributed by atoms with Gasteiger partial charge in [-0.1, -0.05) is 6.07 Å². The summed E-state index contributed by atoms with van der Waals surface area (Å²) < 4.78 is 8.18. The lowest BCUT2D eigenvalue weighted by Crippen LogP contribution is -2.23. The highest BCUT2D eigenvalue weighted by Crippen LogP contribution is 2.15. The van der Waals surface area contributed by atoms with Crippen LogP contribution in [-0.2, 0) is 9.53 Å². The zero-order valence-corrected chi connectivity index (χ0v) is 16.7. The van der Waals surface area contributed by atoms with E-state index in [1.54, 1.807) is 35.7 Å². The van der Waals surface area contributed by atoms with Crippen molar-refractivity contribution < 1.29 is 14.3 Å². The number of anilines is 1. The lowest BCUT2D eigenvalue weighted by molar-refractivity contribution is -0.119. The van der Waals surface area contributed by atoms with Gasteiger partial charge in [0, 0.05) is 23.7 Å². The van der Waals surface area contributed by atoms with E-state index in [4.69, 9.17) is 4.74 Å². The molecule has 152 valence electrons. The maximum absolute atomic E-state index is 12.4. The van der Waals surface area contributed by atoms with Crippen molar-refractivity contribution in [3.63, 3.8) is 0 Å². The minimum absolute atomic E-state index is 0.239. The summed E-state index contributed by atoms with van der Waals surface area (Å²) in [4.78, 5) is 37.6. The number of nitrogens with one attached hydrogen (secondary N) is 1. The fourth-order valence-electron chi connectivity index (χ4n) is 3.01. The quantitative estimate of drug-likeness (QED) is 0.505.